The molecule has 0 fully saturated rings. The van der Waals surface area contributed by atoms with Gasteiger partial charge in [0.25, 0.3) is 0 Å². The van der Waals surface area contributed by atoms with Gasteiger partial charge in [0, 0.05) is 19.3 Å². The minimum absolute atomic E-state index is 0.0631. The molecule has 362 valence electrons. The molecule has 0 heterocycles. The molecule has 0 aliphatic carbocycles. The molecule has 0 bridgehead atoms. The average Bonchev–Trinajstić information content (AvgIpc) is 3.23. The fraction of sp³-hybridized carbons (Fsp3) is 0.945. The molecule has 61 heavy (non-hydrogen) atoms. The van der Waals surface area contributed by atoms with Gasteiger partial charge in [0.15, 0.2) is 6.10 Å². The van der Waals surface area contributed by atoms with Crippen LogP contribution in [0.2, 0.25) is 0 Å². The van der Waals surface area contributed by atoms with Crippen LogP contribution < -0.4 is 0 Å². The van der Waals surface area contributed by atoms with Crippen LogP contribution in [0, 0.1) is 11.8 Å². The highest BCUT2D eigenvalue weighted by Gasteiger charge is 2.19. The number of carbonyl (C=O) groups excluding carboxylic acids is 3. The Labute approximate surface area is 380 Å². The van der Waals surface area contributed by atoms with Crippen LogP contribution in [0.25, 0.3) is 0 Å². The van der Waals surface area contributed by atoms with Gasteiger partial charge >= 0.3 is 17.9 Å². The van der Waals surface area contributed by atoms with Gasteiger partial charge in [-0.15, -0.1) is 0 Å². The summed E-state index contributed by atoms with van der Waals surface area (Å²) in [6.07, 6.45) is 49.5. The summed E-state index contributed by atoms with van der Waals surface area (Å²) >= 11 is 0. The highest BCUT2D eigenvalue weighted by Crippen LogP contribution is 2.18. The van der Waals surface area contributed by atoms with Gasteiger partial charge in [0.05, 0.1) is 0 Å². The van der Waals surface area contributed by atoms with Crippen molar-refractivity contribution in [2.75, 3.05) is 13.2 Å². The highest BCUT2D eigenvalue weighted by molar-refractivity contribution is 5.71. The van der Waals surface area contributed by atoms with E-state index in [1.807, 2.05) is 0 Å². The Hall–Kier alpha value is -1.59. The van der Waals surface area contributed by atoms with E-state index in [2.05, 4.69) is 34.6 Å². The molecule has 0 aliphatic heterocycles. The van der Waals surface area contributed by atoms with Gasteiger partial charge in [-0.3, -0.25) is 14.4 Å². The number of rotatable bonds is 49. The van der Waals surface area contributed by atoms with Crippen molar-refractivity contribution < 1.29 is 28.6 Å². The lowest BCUT2D eigenvalue weighted by molar-refractivity contribution is -0.167. The lowest BCUT2D eigenvalue weighted by Gasteiger charge is -2.18. The maximum absolute atomic E-state index is 12.8. The zero-order chi connectivity index (χ0) is 44.7. The highest BCUT2D eigenvalue weighted by atomic mass is 16.6. The van der Waals surface area contributed by atoms with E-state index in [9.17, 15) is 14.4 Å². The normalized spacial score (nSPS) is 12.0. The Morgan fingerprint density at radius 1 is 0.311 bits per heavy atom. The minimum atomic E-state index is -0.761. The fourth-order valence-electron chi connectivity index (χ4n) is 8.34. The van der Waals surface area contributed by atoms with Crippen molar-refractivity contribution >= 4 is 17.9 Å². The quantitative estimate of drug-likeness (QED) is 0.0344. The van der Waals surface area contributed by atoms with Crippen molar-refractivity contribution in [2.45, 2.75) is 310 Å². The van der Waals surface area contributed by atoms with Crippen molar-refractivity contribution in [3.8, 4) is 0 Å². The Balaban J connectivity index is 4.25. The molecule has 0 aromatic carbocycles. The molecule has 0 saturated heterocycles. The Bertz CT molecular complexity index is 931. The van der Waals surface area contributed by atoms with Gasteiger partial charge in [-0.25, -0.2) is 0 Å². The van der Waals surface area contributed by atoms with E-state index in [0.29, 0.717) is 19.3 Å². The molecule has 0 N–H and O–H groups in total. The Kier molecular flexibility index (Phi) is 46.6. The molecule has 0 aliphatic rings. The maximum atomic E-state index is 12.8. The summed E-state index contributed by atoms with van der Waals surface area (Å²) in [5, 5.41) is 0. The van der Waals surface area contributed by atoms with E-state index in [1.54, 1.807) is 0 Å². The van der Waals surface area contributed by atoms with Crippen LogP contribution in [0.3, 0.4) is 0 Å². The first-order valence-electron chi connectivity index (χ1n) is 27.2. The zero-order valence-electron chi connectivity index (χ0n) is 41.8. The molecule has 1 atom stereocenters. The van der Waals surface area contributed by atoms with Gasteiger partial charge in [-0.05, 0) is 31.1 Å². The predicted octanol–water partition coefficient (Wildman–Crippen LogP) is 17.7. The van der Waals surface area contributed by atoms with E-state index >= 15 is 0 Å². The summed E-state index contributed by atoms with van der Waals surface area (Å²) in [7, 11) is 0. The van der Waals surface area contributed by atoms with Crippen LogP contribution in [0.4, 0.5) is 0 Å². The van der Waals surface area contributed by atoms with Crippen LogP contribution in [0.15, 0.2) is 0 Å². The lowest BCUT2D eigenvalue weighted by atomic mass is 10.0. The molecule has 0 aromatic heterocycles. The first-order valence-corrected chi connectivity index (χ1v) is 27.2. The van der Waals surface area contributed by atoms with Crippen molar-refractivity contribution in [2.24, 2.45) is 11.8 Å². The SMILES string of the molecule is CCCCCCCCCCCCC(=O)OC[C@@H](COC(=O)CCCCCCCCCCCCCCCCCC(C)C)OC(=O)CCCCCCCCCCCCCCC(C)C. The van der Waals surface area contributed by atoms with Crippen molar-refractivity contribution in [3.05, 3.63) is 0 Å². The minimum Gasteiger partial charge on any atom is -0.462 e. The second kappa shape index (κ2) is 47.9. The molecular weight excluding hydrogens is 757 g/mol. The first kappa shape index (κ1) is 59.4. The van der Waals surface area contributed by atoms with Gasteiger partial charge < -0.3 is 14.2 Å². The van der Waals surface area contributed by atoms with E-state index < -0.39 is 6.10 Å². The van der Waals surface area contributed by atoms with Crippen LogP contribution in [0.1, 0.15) is 304 Å². The third-order valence-electron chi connectivity index (χ3n) is 12.5. The smallest absolute Gasteiger partial charge is 0.306 e. The number of esters is 3. The predicted molar refractivity (Wildman–Crippen MR) is 261 cm³/mol. The van der Waals surface area contributed by atoms with E-state index in [1.165, 1.54) is 193 Å². The van der Waals surface area contributed by atoms with E-state index in [0.717, 1.165) is 69.6 Å². The van der Waals surface area contributed by atoms with Gasteiger partial charge in [-0.1, -0.05) is 266 Å². The van der Waals surface area contributed by atoms with Crippen LogP contribution in [-0.2, 0) is 28.6 Å². The van der Waals surface area contributed by atoms with Crippen molar-refractivity contribution in [3.63, 3.8) is 0 Å². The molecule has 0 amide bonds. The van der Waals surface area contributed by atoms with Gasteiger partial charge in [0.2, 0.25) is 0 Å². The Morgan fingerprint density at radius 3 is 0.803 bits per heavy atom. The number of unbranched alkanes of at least 4 members (excludes halogenated alkanes) is 34. The van der Waals surface area contributed by atoms with Crippen LogP contribution in [-0.4, -0.2) is 37.2 Å². The molecule has 6 heteroatoms. The third-order valence-corrected chi connectivity index (χ3v) is 12.5. The molecule has 0 aromatic rings. The molecule has 0 saturated carbocycles. The van der Waals surface area contributed by atoms with E-state index in [4.69, 9.17) is 14.2 Å². The number of carbonyl (C=O) groups is 3. The van der Waals surface area contributed by atoms with Crippen molar-refractivity contribution in [1.82, 2.24) is 0 Å². The molecule has 0 rings (SSSR count). The van der Waals surface area contributed by atoms with Crippen LogP contribution >= 0.6 is 0 Å². The van der Waals surface area contributed by atoms with E-state index in [-0.39, 0.29) is 31.1 Å². The van der Waals surface area contributed by atoms with Gasteiger partial charge in [-0.2, -0.15) is 0 Å². The zero-order valence-corrected chi connectivity index (χ0v) is 41.8. The number of hydrogen-bond donors (Lipinski definition) is 0. The summed E-state index contributed by atoms with van der Waals surface area (Å²) in [4.78, 5) is 38.0. The largest absolute Gasteiger partial charge is 0.462 e. The number of ether oxygens (including phenoxy) is 3. The second-order valence-electron chi connectivity index (χ2n) is 19.8. The first-order chi connectivity index (χ1) is 29.7. The standard InChI is InChI=1S/C55H106O6/c1-6-7-8-9-10-11-25-30-35-40-45-53(56)59-48-52(61-55(58)47-42-37-32-27-22-18-17-20-24-29-34-39-44-51(4)5)49-60-54(57)46-41-36-31-26-21-16-14-12-13-15-19-23-28-33-38-43-50(2)3/h50-52H,6-49H2,1-5H3/t52-/m0/s1. The maximum Gasteiger partial charge on any atom is 0.306 e. The third kappa shape index (κ3) is 49.3. The topological polar surface area (TPSA) is 78.9 Å². The fourth-order valence-corrected chi connectivity index (χ4v) is 8.34. The summed E-state index contributed by atoms with van der Waals surface area (Å²) in [5.74, 6) is 0.836. The Morgan fingerprint density at radius 2 is 0.541 bits per heavy atom. The molecule has 0 unspecified atom stereocenters. The molecular formula is C55H106O6. The average molecular weight is 863 g/mol. The van der Waals surface area contributed by atoms with Gasteiger partial charge in [0.1, 0.15) is 13.2 Å². The molecule has 6 nitrogen and oxygen atoms in total. The molecule has 0 radical (unpaired) electrons. The van der Waals surface area contributed by atoms with Crippen molar-refractivity contribution in [1.29, 1.82) is 0 Å². The van der Waals surface area contributed by atoms with Crippen LogP contribution in [0.5, 0.6) is 0 Å². The monoisotopic (exact) mass is 863 g/mol. The summed E-state index contributed by atoms with van der Waals surface area (Å²) in [5.41, 5.74) is 0. The lowest BCUT2D eigenvalue weighted by Crippen LogP contribution is -2.30. The molecule has 0 spiro atoms. The second-order valence-corrected chi connectivity index (χ2v) is 19.8. The summed E-state index contributed by atoms with van der Waals surface area (Å²) < 4.78 is 16.8. The summed E-state index contributed by atoms with van der Waals surface area (Å²) in [6.45, 7) is 11.4. The summed E-state index contributed by atoms with van der Waals surface area (Å²) in [6, 6.07) is 0. The number of hydrogen-bond acceptors (Lipinski definition) is 6.